The first-order valence-electron chi connectivity index (χ1n) is 9.14. The van der Waals surface area contributed by atoms with Gasteiger partial charge in [-0.15, -0.1) is 0 Å². The third kappa shape index (κ3) is 4.72. The molecule has 2 amide bonds. The molecule has 0 saturated heterocycles. The van der Waals surface area contributed by atoms with Crippen molar-refractivity contribution in [3.05, 3.63) is 47.2 Å². The predicted molar refractivity (Wildman–Crippen MR) is 97.3 cm³/mol. The average molecular weight is 392 g/mol. The van der Waals surface area contributed by atoms with Crippen LogP contribution in [0, 0.1) is 11.6 Å². The monoisotopic (exact) mass is 392 g/mol. The van der Waals surface area contributed by atoms with Gasteiger partial charge in [-0.1, -0.05) is 12.8 Å². The number of carbonyl (C=O) groups is 2. The maximum Gasteiger partial charge on any atom is 0.254 e. The summed E-state index contributed by atoms with van der Waals surface area (Å²) in [5, 5.41) is 21.9. The molecule has 28 heavy (non-hydrogen) atoms. The summed E-state index contributed by atoms with van der Waals surface area (Å²) in [6.07, 6.45) is 2.71. The molecule has 7 nitrogen and oxygen atoms in total. The lowest BCUT2D eigenvalue weighted by Crippen LogP contribution is -2.43. The van der Waals surface area contributed by atoms with Gasteiger partial charge in [0.1, 0.15) is 17.7 Å². The number of aromatic nitrogens is 2. The highest BCUT2D eigenvalue weighted by molar-refractivity contribution is 5.97. The molecule has 1 aromatic carbocycles. The van der Waals surface area contributed by atoms with Gasteiger partial charge in [0.05, 0.1) is 0 Å². The van der Waals surface area contributed by atoms with Crippen molar-refractivity contribution in [3.8, 4) is 0 Å². The molecule has 1 saturated carbocycles. The van der Waals surface area contributed by atoms with Crippen LogP contribution in [0.3, 0.4) is 0 Å². The summed E-state index contributed by atoms with van der Waals surface area (Å²) in [5.41, 5.74) is 0.726. The minimum atomic E-state index is -1.81. The van der Waals surface area contributed by atoms with Gasteiger partial charge in [0, 0.05) is 23.7 Å². The Balaban J connectivity index is 1.56. The van der Waals surface area contributed by atoms with Crippen LogP contribution in [0.4, 0.5) is 14.6 Å². The van der Waals surface area contributed by atoms with Crippen LogP contribution in [0.5, 0.6) is 0 Å². The lowest BCUT2D eigenvalue weighted by Gasteiger charge is -2.16. The van der Waals surface area contributed by atoms with Crippen molar-refractivity contribution in [2.75, 3.05) is 5.32 Å². The average Bonchev–Trinajstić information content (AvgIpc) is 3.31. The highest BCUT2D eigenvalue weighted by atomic mass is 19.1. The van der Waals surface area contributed by atoms with Crippen LogP contribution in [-0.4, -0.2) is 33.2 Å². The first kappa shape index (κ1) is 19.9. The molecule has 0 aliphatic heterocycles. The highest BCUT2D eigenvalue weighted by Gasteiger charge is 2.24. The first-order chi connectivity index (χ1) is 13.3. The van der Waals surface area contributed by atoms with E-state index in [2.05, 4.69) is 20.8 Å². The Morgan fingerprint density at radius 2 is 1.79 bits per heavy atom. The largest absolute Gasteiger partial charge is 0.378 e. The summed E-state index contributed by atoms with van der Waals surface area (Å²) >= 11 is 0. The molecule has 2 unspecified atom stereocenters. The summed E-state index contributed by atoms with van der Waals surface area (Å²) in [6.45, 7) is 1.43. The summed E-state index contributed by atoms with van der Waals surface area (Å²) in [5.74, 6) is -2.54. The smallest absolute Gasteiger partial charge is 0.254 e. The first-order valence-corrected chi connectivity index (χ1v) is 9.14. The number of halogens is 2. The number of hydrogen-bond donors (Lipinski definition) is 4. The summed E-state index contributed by atoms with van der Waals surface area (Å²) in [4.78, 5) is 24.4. The number of rotatable bonds is 6. The zero-order valence-electron chi connectivity index (χ0n) is 15.3. The maximum absolute atomic E-state index is 13.2. The molecular weight excluding hydrogens is 370 g/mol. The molecule has 0 radical (unpaired) electrons. The summed E-state index contributed by atoms with van der Waals surface area (Å²) < 4.78 is 26.5. The number of hydrogen-bond acceptors (Lipinski definition) is 4. The Morgan fingerprint density at radius 1 is 1.14 bits per heavy atom. The van der Waals surface area contributed by atoms with Crippen LogP contribution in [0.2, 0.25) is 0 Å². The van der Waals surface area contributed by atoms with Gasteiger partial charge < -0.3 is 15.7 Å². The Bertz CT molecular complexity index is 844. The molecule has 0 spiro atoms. The van der Waals surface area contributed by atoms with E-state index in [9.17, 15) is 23.5 Å². The molecule has 1 aliphatic carbocycles. The zero-order chi connectivity index (χ0) is 20.3. The van der Waals surface area contributed by atoms with Crippen molar-refractivity contribution in [2.45, 2.75) is 50.7 Å². The Morgan fingerprint density at radius 3 is 2.43 bits per heavy atom. The number of aliphatic hydroxyl groups is 1. The number of amides is 2. The number of aromatic amines is 1. The number of benzene rings is 1. The van der Waals surface area contributed by atoms with E-state index in [-0.39, 0.29) is 5.56 Å². The minimum Gasteiger partial charge on any atom is -0.378 e. The van der Waals surface area contributed by atoms with Crippen LogP contribution >= 0.6 is 0 Å². The number of carbonyl (C=O) groups excluding carboxylic acids is 2. The van der Waals surface area contributed by atoms with Gasteiger partial charge >= 0.3 is 0 Å². The quantitative estimate of drug-likeness (QED) is 0.606. The number of aliphatic hydroxyl groups excluding tert-OH is 1. The molecule has 1 fully saturated rings. The zero-order valence-corrected chi connectivity index (χ0v) is 15.3. The van der Waals surface area contributed by atoms with Crippen molar-refractivity contribution >= 4 is 17.6 Å². The number of H-pyrrole nitrogens is 1. The second-order valence-electron chi connectivity index (χ2n) is 7.01. The Hall–Kier alpha value is -2.81. The fraction of sp³-hybridized carbons (Fsp3) is 0.421. The van der Waals surface area contributed by atoms with E-state index in [4.69, 9.17) is 0 Å². The molecule has 2 atom stereocenters. The fourth-order valence-corrected chi connectivity index (χ4v) is 3.32. The van der Waals surface area contributed by atoms with Crippen molar-refractivity contribution < 1.29 is 23.5 Å². The second-order valence-corrected chi connectivity index (χ2v) is 7.01. The molecule has 2 aromatic rings. The second kappa shape index (κ2) is 8.47. The van der Waals surface area contributed by atoms with Crippen LogP contribution in [0.25, 0.3) is 0 Å². The third-order valence-electron chi connectivity index (χ3n) is 4.84. The van der Waals surface area contributed by atoms with Gasteiger partial charge in [-0.3, -0.25) is 14.7 Å². The summed E-state index contributed by atoms with van der Waals surface area (Å²) in [6, 6.07) is 3.12. The molecule has 1 aromatic heterocycles. The maximum atomic E-state index is 13.2. The SMILES string of the molecule is CC(NC(=O)C(O)c1cc(F)cc(F)c1)C(=O)Nc1cc(C2CCCC2)[nH]n1. The van der Waals surface area contributed by atoms with Gasteiger partial charge in [-0.25, -0.2) is 8.78 Å². The number of anilines is 1. The lowest BCUT2D eigenvalue weighted by molar-refractivity contribution is -0.132. The predicted octanol–water partition coefficient (Wildman–Crippen LogP) is 2.52. The molecule has 150 valence electrons. The molecule has 4 N–H and O–H groups in total. The van der Waals surface area contributed by atoms with Crippen LogP contribution < -0.4 is 10.6 Å². The normalized spacial score (nSPS) is 16.6. The molecule has 9 heteroatoms. The van der Waals surface area contributed by atoms with Crippen molar-refractivity contribution in [1.29, 1.82) is 0 Å². The molecular formula is C19H22F2N4O3. The van der Waals surface area contributed by atoms with Gasteiger partial charge in [0.2, 0.25) is 5.91 Å². The van der Waals surface area contributed by atoms with Gasteiger partial charge in [0.15, 0.2) is 11.9 Å². The van der Waals surface area contributed by atoms with Crippen molar-refractivity contribution in [3.63, 3.8) is 0 Å². The van der Waals surface area contributed by atoms with E-state index in [0.29, 0.717) is 17.8 Å². The van der Waals surface area contributed by atoms with E-state index in [1.165, 1.54) is 19.8 Å². The van der Waals surface area contributed by atoms with E-state index in [1.807, 2.05) is 0 Å². The molecule has 1 aliphatic rings. The Kier molecular flexibility index (Phi) is 6.03. The number of nitrogens with zero attached hydrogens (tertiary/aromatic N) is 1. The van der Waals surface area contributed by atoms with Crippen LogP contribution in [0.1, 0.15) is 55.9 Å². The number of nitrogens with one attached hydrogen (secondary N) is 3. The van der Waals surface area contributed by atoms with Crippen LogP contribution in [-0.2, 0) is 9.59 Å². The third-order valence-corrected chi connectivity index (χ3v) is 4.84. The Labute approximate surface area is 160 Å². The van der Waals surface area contributed by atoms with Crippen molar-refractivity contribution in [2.24, 2.45) is 0 Å². The van der Waals surface area contributed by atoms with E-state index >= 15 is 0 Å². The summed E-state index contributed by atoms with van der Waals surface area (Å²) in [7, 11) is 0. The molecule has 0 bridgehead atoms. The van der Waals surface area contributed by atoms with Crippen molar-refractivity contribution in [1.82, 2.24) is 15.5 Å². The molecule has 3 rings (SSSR count). The fourth-order valence-electron chi connectivity index (χ4n) is 3.32. The van der Waals surface area contributed by atoms with E-state index < -0.39 is 35.6 Å². The van der Waals surface area contributed by atoms with Gasteiger partial charge in [0.25, 0.3) is 5.91 Å². The van der Waals surface area contributed by atoms with E-state index in [1.54, 1.807) is 6.07 Å². The van der Waals surface area contributed by atoms with Crippen LogP contribution in [0.15, 0.2) is 24.3 Å². The topological polar surface area (TPSA) is 107 Å². The standard InChI is InChI=1S/C19H22F2N4O3/c1-10(22-19(28)17(26)12-6-13(20)8-14(21)7-12)18(27)23-16-9-15(24-25-16)11-4-2-3-5-11/h6-11,17,26H,2-5H2,1H3,(H,22,28)(H2,23,24,25,27). The van der Waals surface area contributed by atoms with Gasteiger partial charge in [-0.05, 0) is 37.5 Å². The minimum absolute atomic E-state index is 0.240. The van der Waals surface area contributed by atoms with E-state index in [0.717, 1.165) is 30.7 Å². The molecule has 1 heterocycles. The highest BCUT2D eigenvalue weighted by Crippen LogP contribution is 2.33. The lowest BCUT2D eigenvalue weighted by atomic mass is 10.0. The van der Waals surface area contributed by atoms with Gasteiger partial charge in [-0.2, -0.15) is 5.10 Å².